The molecule has 0 amide bonds. The summed E-state index contributed by atoms with van der Waals surface area (Å²) in [6, 6.07) is 5.49. The van der Waals surface area contributed by atoms with E-state index in [1.165, 1.54) is 6.20 Å². The highest BCUT2D eigenvalue weighted by Crippen LogP contribution is 2.14. The van der Waals surface area contributed by atoms with Crippen LogP contribution in [0.15, 0.2) is 30.6 Å². The molecule has 2 rings (SSSR count). The van der Waals surface area contributed by atoms with Crippen LogP contribution in [-0.2, 0) is 11.4 Å². The lowest BCUT2D eigenvalue weighted by molar-refractivity contribution is 0.121. The summed E-state index contributed by atoms with van der Waals surface area (Å²) >= 11 is 0. The third-order valence-electron chi connectivity index (χ3n) is 1.95. The number of nitrogens with zero attached hydrogens (tertiary/aromatic N) is 3. The maximum absolute atomic E-state index is 5.55. The van der Waals surface area contributed by atoms with Crippen molar-refractivity contribution in [1.29, 1.82) is 0 Å². The monoisotopic (exact) mass is 217 g/mol. The van der Waals surface area contributed by atoms with Crippen LogP contribution in [-0.4, -0.2) is 15.0 Å². The molecule has 0 spiro atoms. The molecule has 0 aliphatic carbocycles. The predicted octanol–water partition coefficient (Wildman–Crippen LogP) is 0.511. The van der Waals surface area contributed by atoms with Crippen molar-refractivity contribution in [3.8, 4) is 11.4 Å². The van der Waals surface area contributed by atoms with Gasteiger partial charge in [0.2, 0.25) is 0 Å². The number of anilines is 1. The van der Waals surface area contributed by atoms with Gasteiger partial charge in [0.25, 0.3) is 0 Å². The molecular formula is C10H11N5O. The van der Waals surface area contributed by atoms with E-state index in [1.807, 2.05) is 18.2 Å². The lowest BCUT2D eigenvalue weighted by Gasteiger charge is -2.03. The molecule has 0 bridgehead atoms. The van der Waals surface area contributed by atoms with Gasteiger partial charge in [0, 0.05) is 0 Å². The second-order valence-corrected chi connectivity index (χ2v) is 3.15. The minimum atomic E-state index is 0.254. The molecule has 0 saturated heterocycles. The average molecular weight is 217 g/mol. The molecule has 2 heterocycles. The van der Waals surface area contributed by atoms with Gasteiger partial charge in [-0.05, 0) is 12.1 Å². The Morgan fingerprint density at radius 3 is 2.75 bits per heavy atom. The summed E-state index contributed by atoms with van der Waals surface area (Å²) in [7, 11) is 0. The van der Waals surface area contributed by atoms with Gasteiger partial charge in [-0.1, -0.05) is 6.07 Å². The molecule has 0 fully saturated rings. The highest BCUT2D eigenvalue weighted by Gasteiger charge is 2.03. The number of pyridine rings is 1. The van der Waals surface area contributed by atoms with Crippen molar-refractivity contribution in [3.05, 3.63) is 36.3 Å². The summed E-state index contributed by atoms with van der Waals surface area (Å²) in [4.78, 5) is 16.9. The Balaban J connectivity index is 2.36. The van der Waals surface area contributed by atoms with Gasteiger partial charge >= 0.3 is 0 Å². The van der Waals surface area contributed by atoms with Crippen molar-refractivity contribution in [2.75, 3.05) is 5.73 Å². The van der Waals surface area contributed by atoms with Gasteiger partial charge in [0.05, 0.1) is 23.8 Å². The van der Waals surface area contributed by atoms with Gasteiger partial charge in [0.1, 0.15) is 18.1 Å². The molecule has 2 aromatic rings. The molecule has 16 heavy (non-hydrogen) atoms. The molecule has 6 heteroatoms. The highest BCUT2D eigenvalue weighted by atomic mass is 16.6. The van der Waals surface area contributed by atoms with Crippen LogP contribution < -0.4 is 11.6 Å². The van der Waals surface area contributed by atoms with Crippen LogP contribution in [0.25, 0.3) is 11.4 Å². The van der Waals surface area contributed by atoms with Crippen molar-refractivity contribution < 1.29 is 4.84 Å². The SMILES string of the molecule is NOCc1cccc(-c2cncc(N)n2)n1. The Kier molecular flexibility index (Phi) is 3.04. The number of rotatable bonds is 3. The second-order valence-electron chi connectivity index (χ2n) is 3.15. The molecule has 4 N–H and O–H groups in total. The van der Waals surface area contributed by atoms with Crippen molar-refractivity contribution in [1.82, 2.24) is 15.0 Å². The smallest absolute Gasteiger partial charge is 0.142 e. The van der Waals surface area contributed by atoms with Crippen LogP contribution in [0.2, 0.25) is 0 Å². The average Bonchev–Trinajstić information content (AvgIpc) is 2.30. The number of nitrogens with two attached hydrogens (primary N) is 2. The van der Waals surface area contributed by atoms with Gasteiger partial charge in [-0.2, -0.15) is 0 Å². The van der Waals surface area contributed by atoms with Gasteiger partial charge in [-0.25, -0.2) is 15.9 Å². The zero-order chi connectivity index (χ0) is 11.4. The first kappa shape index (κ1) is 10.5. The van der Waals surface area contributed by atoms with Crippen molar-refractivity contribution in [2.24, 2.45) is 5.90 Å². The fraction of sp³-hybridized carbons (Fsp3) is 0.100. The van der Waals surface area contributed by atoms with Crippen LogP contribution in [0.5, 0.6) is 0 Å². The first-order valence-electron chi connectivity index (χ1n) is 4.65. The predicted molar refractivity (Wildman–Crippen MR) is 58.7 cm³/mol. The van der Waals surface area contributed by atoms with Crippen LogP contribution in [0.3, 0.4) is 0 Å². The number of hydrogen-bond donors (Lipinski definition) is 2. The van der Waals surface area contributed by atoms with Crippen molar-refractivity contribution in [2.45, 2.75) is 6.61 Å². The Morgan fingerprint density at radius 2 is 2.00 bits per heavy atom. The standard InChI is InChI=1S/C10H11N5O/c11-10-5-13-4-9(15-10)8-3-1-2-7(14-8)6-16-12/h1-5H,6,12H2,(H2,11,15). The molecule has 6 nitrogen and oxygen atoms in total. The first-order chi connectivity index (χ1) is 7.79. The minimum Gasteiger partial charge on any atom is -0.382 e. The lowest BCUT2D eigenvalue weighted by Crippen LogP contribution is -2.02. The lowest BCUT2D eigenvalue weighted by atomic mass is 10.2. The van der Waals surface area contributed by atoms with Gasteiger partial charge in [0.15, 0.2) is 0 Å². The summed E-state index contributed by atoms with van der Waals surface area (Å²) in [6.45, 7) is 0.254. The fourth-order valence-corrected chi connectivity index (χ4v) is 1.29. The summed E-state index contributed by atoms with van der Waals surface area (Å²) in [5, 5.41) is 0. The molecular weight excluding hydrogens is 206 g/mol. The number of aromatic nitrogens is 3. The maximum atomic E-state index is 5.55. The molecule has 0 atom stereocenters. The summed E-state index contributed by atoms with van der Waals surface area (Å²) in [5.41, 5.74) is 7.59. The quantitative estimate of drug-likeness (QED) is 0.726. The van der Waals surface area contributed by atoms with Crippen LogP contribution in [0.4, 0.5) is 5.82 Å². The molecule has 0 saturated carbocycles. The second kappa shape index (κ2) is 4.65. The van der Waals surface area contributed by atoms with Crippen LogP contribution in [0, 0.1) is 0 Å². The maximum Gasteiger partial charge on any atom is 0.142 e. The Labute approximate surface area is 92.3 Å². The summed E-state index contributed by atoms with van der Waals surface area (Å²) < 4.78 is 0. The fourth-order valence-electron chi connectivity index (χ4n) is 1.29. The first-order valence-corrected chi connectivity index (χ1v) is 4.65. The Bertz CT molecular complexity index is 488. The molecule has 2 aromatic heterocycles. The molecule has 0 aliphatic rings. The number of nitrogen functional groups attached to an aromatic ring is 1. The Hall–Kier alpha value is -2.05. The van der Waals surface area contributed by atoms with E-state index < -0.39 is 0 Å². The topological polar surface area (TPSA) is 99.9 Å². The third kappa shape index (κ3) is 2.30. The van der Waals surface area contributed by atoms with E-state index in [1.54, 1.807) is 6.20 Å². The normalized spacial score (nSPS) is 10.3. The summed E-state index contributed by atoms with van der Waals surface area (Å²) in [6.07, 6.45) is 3.09. The van der Waals surface area contributed by atoms with Crippen LogP contribution >= 0.6 is 0 Å². The summed E-state index contributed by atoms with van der Waals surface area (Å²) in [5.74, 6) is 5.35. The molecule has 0 radical (unpaired) electrons. The van der Waals surface area contributed by atoms with Crippen molar-refractivity contribution >= 4 is 5.82 Å². The largest absolute Gasteiger partial charge is 0.382 e. The van der Waals surface area contributed by atoms with Gasteiger partial charge < -0.3 is 5.73 Å². The van der Waals surface area contributed by atoms with Crippen LogP contribution in [0.1, 0.15) is 5.69 Å². The minimum absolute atomic E-state index is 0.254. The van der Waals surface area contributed by atoms with Crippen molar-refractivity contribution in [3.63, 3.8) is 0 Å². The molecule has 0 aromatic carbocycles. The Morgan fingerprint density at radius 1 is 1.12 bits per heavy atom. The zero-order valence-electron chi connectivity index (χ0n) is 8.50. The van der Waals surface area contributed by atoms with E-state index in [2.05, 4.69) is 19.8 Å². The van der Waals surface area contributed by atoms with E-state index in [4.69, 9.17) is 11.6 Å². The molecule has 82 valence electrons. The van der Waals surface area contributed by atoms with E-state index >= 15 is 0 Å². The van der Waals surface area contributed by atoms with Gasteiger partial charge in [-0.15, -0.1) is 0 Å². The van der Waals surface area contributed by atoms with E-state index in [0.29, 0.717) is 17.2 Å². The van der Waals surface area contributed by atoms with E-state index in [-0.39, 0.29) is 6.61 Å². The zero-order valence-corrected chi connectivity index (χ0v) is 8.50. The number of hydrogen-bond acceptors (Lipinski definition) is 6. The van der Waals surface area contributed by atoms with E-state index in [0.717, 1.165) is 5.69 Å². The molecule has 0 aliphatic heterocycles. The third-order valence-corrected chi connectivity index (χ3v) is 1.95. The van der Waals surface area contributed by atoms with E-state index in [9.17, 15) is 0 Å². The molecule has 0 unspecified atom stereocenters. The van der Waals surface area contributed by atoms with Gasteiger partial charge in [-0.3, -0.25) is 9.82 Å². The highest BCUT2D eigenvalue weighted by molar-refractivity contribution is 5.54.